The fraction of sp³-hybridized carbons (Fsp3) is 0.500. The molecule has 0 fully saturated rings. The minimum Gasteiger partial charge on any atom is -0.469 e. The van der Waals surface area contributed by atoms with Crippen LogP contribution in [0.15, 0.2) is 16.7 Å². The highest BCUT2D eigenvalue weighted by Crippen LogP contribution is 2.10. The first-order valence-corrected chi connectivity index (χ1v) is 3.65. The van der Waals surface area contributed by atoms with Crippen LogP contribution < -0.4 is 5.73 Å². The van der Waals surface area contributed by atoms with Gasteiger partial charge >= 0.3 is 0 Å². The van der Waals surface area contributed by atoms with Crippen molar-refractivity contribution in [2.45, 2.75) is 19.4 Å². The molecule has 1 aromatic rings. The van der Waals surface area contributed by atoms with Gasteiger partial charge in [0.15, 0.2) is 0 Å². The molecule has 1 heterocycles. The predicted octanol–water partition coefficient (Wildman–Crippen LogP) is 0.450. The first kappa shape index (κ1) is 8.30. The lowest BCUT2D eigenvalue weighted by Gasteiger charge is -2.04. The molecule has 0 saturated heterocycles. The van der Waals surface area contributed by atoms with Crippen LogP contribution in [-0.4, -0.2) is 17.8 Å². The van der Waals surface area contributed by atoms with Gasteiger partial charge in [0.2, 0.25) is 0 Å². The third kappa shape index (κ3) is 2.06. The summed E-state index contributed by atoms with van der Waals surface area (Å²) in [6.07, 6.45) is 1.75. The maximum Gasteiger partial charge on any atom is 0.103 e. The van der Waals surface area contributed by atoms with Gasteiger partial charge in [-0.25, -0.2) is 0 Å². The normalized spacial score (nSPS) is 13.4. The SMILES string of the molecule is Cc1occc1CC(O)CN. The van der Waals surface area contributed by atoms with E-state index in [4.69, 9.17) is 10.2 Å². The fourth-order valence-electron chi connectivity index (χ4n) is 0.960. The maximum atomic E-state index is 9.19. The average Bonchev–Trinajstić information content (AvgIpc) is 2.37. The molecule has 1 rings (SSSR count). The molecule has 0 aromatic carbocycles. The number of hydrogen-bond donors (Lipinski definition) is 2. The number of furan rings is 1. The summed E-state index contributed by atoms with van der Waals surface area (Å²) in [5.41, 5.74) is 6.29. The van der Waals surface area contributed by atoms with E-state index in [1.54, 1.807) is 6.26 Å². The van der Waals surface area contributed by atoms with Crippen molar-refractivity contribution in [1.29, 1.82) is 0 Å². The van der Waals surface area contributed by atoms with Crippen molar-refractivity contribution in [3.63, 3.8) is 0 Å². The second-order valence-corrected chi connectivity index (χ2v) is 2.60. The van der Waals surface area contributed by atoms with Crippen LogP contribution in [0.2, 0.25) is 0 Å². The lowest BCUT2D eigenvalue weighted by Crippen LogP contribution is -2.21. The Morgan fingerprint density at radius 3 is 2.91 bits per heavy atom. The zero-order chi connectivity index (χ0) is 8.27. The van der Waals surface area contributed by atoms with Gasteiger partial charge in [-0.2, -0.15) is 0 Å². The van der Waals surface area contributed by atoms with Gasteiger partial charge in [-0.05, 0) is 18.6 Å². The zero-order valence-electron chi connectivity index (χ0n) is 6.58. The fourth-order valence-corrected chi connectivity index (χ4v) is 0.960. The van der Waals surface area contributed by atoms with Crippen LogP contribution in [-0.2, 0) is 6.42 Å². The van der Waals surface area contributed by atoms with Gasteiger partial charge < -0.3 is 15.3 Å². The Balaban J connectivity index is 2.56. The molecule has 1 unspecified atom stereocenters. The first-order valence-electron chi connectivity index (χ1n) is 3.65. The van der Waals surface area contributed by atoms with E-state index >= 15 is 0 Å². The summed E-state index contributed by atoms with van der Waals surface area (Å²) in [5.74, 6) is 0.859. The topological polar surface area (TPSA) is 59.4 Å². The molecule has 62 valence electrons. The number of aryl methyl sites for hydroxylation is 1. The van der Waals surface area contributed by atoms with Crippen molar-refractivity contribution in [2.24, 2.45) is 5.73 Å². The summed E-state index contributed by atoms with van der Waals surface area (Å²) in [6, 6.07) is 1.86. The van der Waals surface area contributed by atoms with Crippen molar-refractivity contribution in [1.82, 2.24) is 0 Å². The smallest absolute Gasteiger partial charge is 0.103 e. The van der Waals surface area contributed by atoms with E-state index in [1.807, 2.05) is 13.0 Å². The van der Waals surface area contributed by atoms with Gasteiger partial charge in [0.05, 0.1) is 12.4 Å². The molecular weight excluding hydrogens is 142 g/mol. The van der Waals surface area contributed by atoms with Gasteiger partial charge in [-0.1, -0.05) is 0 Å². The Hall–Kier alpha value is -0.800. The molecule has 0 spiro atoms. The molecule has 0 saturated carbocycles. The first-order chi connectivity index (χ1) is 5.24. The summed E-state index contributed by atoms with van der Waals surface area (Å²) in [5, 5.41) is 9.19. The lowest BCUT2D eigenvalue weighted by molar-refractivity contribution is 0.183. The molecule has 1 aromatic heterocycles. The van der Waals surface area contributed by atoms with Gasteiger partial charge in [0.1, 0.15) is 5.76 Å². The van der Waals surface area contributed by atoms with Crippen molar-refractivity contribution in [3.05, 3.63) is 23.7 Å². The molecular formula is C8H13NO2. The molecule has 11 heavy (non-hydrogen) atoms. The molecule has 0 radical (unpaired) electrons. The number of rotatable bonds is 3. The van der Waals surface area contributed by atoms with Crippen LogP contribution >= 0.6 is 0 Å². The Kier molecular flexibility index (Phi) is 2.68. The van der Waals surface area contributed by atoms with E-state index in [2.05, 4.69) is 0 Å². The molecule has 0 bridgehead atoms. The summed E-state index contributed by atoms with van der Waals surface area (Å²) in [4.78, 5) is 0. The third-order valence-corrected chi connectivity index (χ3v) is 1.69. The van der Waals surface area contributed by atoms with Crippen LogP contribution in [0.25, 0.3) is 0 Å². The summed E-state index contributed by atoms with van der Waals surface area (Å²) in [7, 11) is 0. The Morgan fingerprint density at radius 1 is 1.73 bits per heavy atom. The Morgan fingerprint density at radius 2 is 2.45 bits per heavy atom. The minimum atomic E-state index is -0.453. The number of aliphatic hydroxyl groups excluding tert-OH is 1. The van der Waals surface area contributed by atoms with E-state index < -0.39 is 6.10 Å². The maximum absolute atomic E-state index is 9.19. The minimum absolute atomic E-state index is 0.296. The zero-order valence-corrected chi connectivity index (χ0v) is 6.58. The molecule has 0 amide bonds. The highest BCUT2D eigenvalue weighted by molar-refractivity contribution is 5.16. The van der Waals surface area contributed by atoms with Crippen LogP contribution in [0.5, 0.6) is 0 Å². The lowest BCUT2D eigenvalue weighted by atomic mass is 10.1. The van der Waals surface area contributed by atoms with Gasteiger partial charge in [0.25, 0.3) is 0 Å². The van der Waals surface area contributed by atoms with E-state index in [-0.39, 0.29) is 0 Å². The largest absolute Gasteiger partial charge is 0.469 e. The van der Waals surface area contributed by atoms with E-state index in [1.165, 1.54) is 0 Å². The van der Waals surface area contributed by atoms with E-state index in [9.17, 15) is 5.11 Å². The molecule has 0 aliphatic heterocycles. The van der Waals surface area contributed by atoms with Crippen LogP contribution in [0.3, 0.4) is 0 Å². The standard InChI is InChI=1S/C8H13NO2/c1-6-7(2-3-11-6)4-8(10)5-9/h2-3,8,10H,4-5,9H2,1H3. The molecule has 3 nitrogen and oxygen atoms in total. The Labute approximate surface area is 65.8 Å². The van der Waals surface area contributed by atoms with Crippen molar-refractivity contribution in [2.75, 3.05) is 6.54 Å². The molecule has 0 aliphatic carbocycles. The van der Waals surface area contributed by atoms with Crippen molar-refractivity contribution < 1.29 is 9.52 Å². The van der Waals surface area contributed by atoms with Gasteiger partial charge in [0, 0.05) is 13.0 Å². The average molecular weight is 155 g/mol. The quantitative estimate of drug-likeness (QED) is 0.666. The predicted molar refractivity (Wildman–Crippen MR) is 42.2 cm³/mol. The third-order valence-electron chi connectivity index (χ3n) is 1.69. The number of aliphatic hydroxyl groups is 1. The second-order valence-electron chi connectivity index (χ2n) is 2.60. The Bertz CT molecular complexity index is 220. The van der Waals surface area contributed by atoms with Crippen molar-refractivity contribution >= 4 is 0 Å². The van der Waals surface area contributed by atoms with Crippen LogP contribution in [0, 0.1) is 6.92 Å². The number of nitrogens with two attached hydrogens (primary N) is 1. The summed E-state index contributed by atoms with van der Waals surface area (Å²) < 4.78 is 5.06. The molecule has 0 aliphatic rings. The second kappa shape index (κ2) is 3.55. The van der Waals surface area contributed by atoms with Gasteiger partial charge in [-0.15, -0.1) is 0 Å². The highest BCUT2D eigenvalue weighted by atomic mass is 16.3. The van der Waals surface area contributed by atoms with Crippen LogP contribution in [0.4, 0.5) is 0 Å². The van der Waals surface area contributed by atoms with Crippen molar-refractivity contribution in [3.8, 4) is 0 Å². The molecule has 3 heteroatoms. The highest BCUT2D eigenvalue weighted by Gasteiger charge is 2.06. The van der Waals surface area contributed by atoms with Gasteiger partial charge in [-0.3, -0.25) is 0 Å². The molecule has 3 N–H and O–H groups in total. The number of hydrogen-bond acceptors (Lipinski definition) is 3. The monoisotopic (exact) mass is 155 g/mol. The van der Waals surface area contributed by atoms with E-state index in [0.29, 0.717) is 13.0 Å². The van der Waals surface area contributed by atoms with E-state index in [0.717, 1.165) is 11.3 Å². The summed E-state index contributed by atoms with van der Waals surface area (Å²) >= 11 is 0. The molecule has 1 atom stereocenters. The van der Waals surface area contributed by atoms with Crippen LogP contribution in [0.1, 0.15) is 11.3 Å². The summed E-state index contributed by atoms with van der Waals surface area (Å²) in [6.45, 7) is 2.17.